The highest BCUT2D eigenvalue weighted by molar-refractivity contribution is 9.09. The maximum atomic E-state index is 13.5. The molecular formula is C13H17BrFNO. The van der Waals surface area contributed by atoms with E-state index in [-0.39, 0.29) is 17.0 Å². The Morgan fingerprint density at radius 1 is 1.35 bits per heavy atom. The number of alkyl halides is 1. The van der Waals surface area contributed by atoms with Gasteiger partial charge in [0.2, 0.25) is 0 Å². The summed E-state index contributed by atoms with van der Waals surface area (Å²) < 4.78 is 13.5. The van der Waals surface area contributed by atoms with E-state index in [2.05, 4.69) is 21.2 Å². The van der Waals surface area contributed by atoms with Crippen molar-refractivity contribution in [3.05, 3.63) is 35.6 Å². The summed E-state index contributed by atoms with van der Waals surface area (Å²) in [6.45, 7) is 4.01. The summed E-state index contributed by atoms with van der Waals surface area (Å²) in [5, 5.41) is 3.57. The summed E-state index contributed by atoms with van der Waals surface area (Å²) >= 11 is 3.40. The molecule has 1 N–H and O–H groups in total. The topological polar surface area (TPSA) is 29.1 Å². The van der Waals surface area contributed by atoms with Crippen LogP contribution in [0.25, 0.3) is 0 Å². The Bertz CT molecular complexity index is 382. The van der Waals surface area contributed by atoms with Crippen molar-refractivity contribution in [2.24, 2.45) is 0 Å². The summed E-state index contributed by atoms with van der Waals surface area (Å²) in [5.41, 5.74) is -0.209. The van der Waals surface area contributed by atoms with E-state index in [1.165, 1.54) is 12.1 Å². The molecule has 0 aromatic heterocycles. The number of halogens is 2. The standard InChI is InChI=1S/C13H17BrFNO/c1-3-13(4-2,9-14)16-12(17)10-7-5-6-8-11(10)15/h5-8H,3-4,9H2,1-2H3,(H,16,17). The van der Waals surface area contributed by atoms with Gasteiger partial charge < -0.3 is 5.32 Å². The number of amides is 1. The second-order valence-electron chi connectivity index (χ2n) is 4.06. The minimum absolute atomic E-state index is 0.0970. The molecule has 0 aliphatic heterocycles. The van der Waals surface area contributed by atoms with Crippen LogP contribution in [-0.4, -0.2) is 16.8 Å². The molecule has 0 spiro atoms. The first-order valence-corrected chi connectivity index (χ1v) is 6.83. The van der Waals surface area contributed by atoms with Crippen molar-refractivity contribution in [3.63, 3.8) is 0 Å². The van der Waals surface area contributed by atoms with Gasteiger partial charge in [-0.05, 0) is 25.0 Å². The molecule has 4 heteroatoms. The normalized spacial score (nSPS) is 11.3. The molecule has 0 unspecified atom stereocenters. The van der Waals surface area contributed by atoms with Gasteiger partial charge in [0, 0.05) is 10.9 Å². The minimum Gasteiger partial charge on any atom is -0.346 e. The Labute approximate surface area is 110 Å². The van der Waals surface area contributed by atoms with Crippen LogP contribution in [0.4, 0.5) is 4.39 Å². The number of hydrogen-bond donors (Lipinski definition) is 1. The van der Waals surface area contributed by atoms with Crippen LogP contribution in [0.1, 0.15) is 37.0 Å². The average Bonchev–Trinajstić information content (AvgIpc) is 2.36. The Balaban J connectivity index is 2.89. The molecule has 0 atom stereocenters. The van der Waals surface area contributed by atoms with Crippen LogP contribution in [0.3, 0.4) is 0 Å². The molecule has 0 aliphatic carbocycles. The highest BCUT2D eigenvalue weighted by Gasteiger charge is 2.27. The van der Waals surface area contributed by atoms with Gasteiger partial charge in [0.15, 0.2) is 0 Å². The monoisotopic (exact) mass is 301 g/mol. The lowest BCUT2D eigenvalue weighted by Gasteiger charge is -2.30. The predicted octanol–water partition coefficient (Wildman–Crippen LogP) is 3.51. The van der Waals surface area contributed by atoms with Crippen molar-refractivity contribution in [2.75, 3.05) is 5.33 Å². The largest absolute Gasteiger partial charge is 0.346 e. The molecule has 0 saturated carbocycles. The molecule has 0 bridgehead atoms. The van der Waals surface area contributed by atoms with Gasteiger partial charge >= 0.3 is 0 Å². The molecule has 1 rings (SSSR count). The van der Waals surface area contributed by atoms with E-state index in [1.807, 2.05) is 13.8 Å². The third-order valence-electron chi connectivity index (χ3n) is 3.11. The van der Waals surface area contributed by atoms with Gasteiger partial charge in [0.05, 0.1) is 5.56 Å². The molecular weight excluding hydrogens is 285 g/mol. The summed E-state index contributed by atoms with van der Waals surface area (Å²) in [6.07, 6.45) is 1.60. The van der Waals surface area contributed by atoms with Crippen molar-refractivity contribution in [2.45, 2.75) is 32.2 Å². The summed E-state index contributed by atoms with van der Waals surface area (Å²) in [6, 6.07) is 6.02. The van der Waals surface area contributed by atoms with Gasteiger partial charge in [-0.3, -0.25) is 4.79 Å². The van der Waals surface area contributed by atoms with Crippen LogP contribution in [-0.2, 0) is 0 Å². The molecule has 1 aromatic carbocycles. The summed E-state index contributed by atoms with van der Waals surface area (Å²) in [5.74, 6) is -0.841. The molecule has 2 nitrogen and oxygen atoms in total. The fourth-order valence-electron chi connectivity index (χ4n) is 1.60. The van der Waals surface area contributed by atoms with Crippen LogP contribution in [0.15, 0.2) is 24.3 Å². The maximum Gasteiger partial charge on any atom is 0.254 e. The number of benzene rings is 1. The second-order valence-corrected chi connectivity index (χ2v) is 4.62. The number of rotatable bonds is 5. The van der Waals surface area contributed by atoms with E-state index in [0.29, 0.717) is 5.33 Å². The van der Waals surface area contributed by atoms with Crippen LogP contribution in [0, 0.1) is 5.82 Å². The van der Waals surface area contributed by atoms with Gasteiger partial charge in [-0.25, -0.2) is 4.39 Å². The average molecular weight is 302 g/mol. The summed E-state index contributed by atoms with van der Waals surface area (Å²) in [7, 11) is 0. The Kier molecular flexibility index (Phi) is 5.12. The number of nitrogens with one attached hydrogen (secondary N) is 1. The molecule has 0 heterocycles. The third kappa shape index (κ3) is 3.28. The van der Waals surface area contributed by atoms with Crippen LogP contribution < -0.4 is 5.32 Å². The number of carbonyl (C=O) groups is 1. The third-order valence-corrected chi connectivity index (χ3v) is 4.18. The molecule has 0 fully saturated rings. The quantitative estimate of drug-likeness (QED) is 0.829. The number of hydrogen-bond acceptors (Lipinski definition) is 1. The Morgan fingerprint density at radius 3 is 2.41 bits per heavy atom. The first-order valence-electron chi connectivity index (χ1n) is 5.71. The second kappa shape index (κ2) is 6.15. The van der Waals surface area contributed by atoms with Gasteiger partial charge in [0.25, 0.3) is 5.91 Å². The van der Waals surface area contributed by atoms with Crippen molar-refractivity contribution in [1.29, 1.82) is 0 Å². The van der Waals surface area contributed by atoms with E-state index < -0.39 is 5.82 Å². The van der Waals surface area contributed by atoms with E-state index >= 15 is 0 Å². The zero-order valence-corrected chi connectivity index (χ0v) is 11.7. The first-order chi connectivity index (χ1) is 8.08. The van der Waals surface area contributed by atoms with Crippen molar-refractivity contribution >= 4 is 21.8 Å². The molecule has 94 valence electrons. The lowest BCUT2D eigenvalue weighted by Crippen LogP contribution is -2.49. The fraction of sp³-hybridized carbons (Fsp3) is 0.462. The molecule has 0 saturated heterocycles. The fourth-order valence-corrected chi connectivity index (χ4v) is 2.54. The van der Waals surface area contributed by atoms with E-state index in [0.717, 1.165) is 12.8 Å². The van der Waals surface area contributed by atoms with Crippen LogP contribution >= 0.6 is 15.9 Å². The van der Waals surface area contributed by atoms with E-state index in [1.54, 1.807) is 12.1 Å². The molecule has 0 radical (unpaired) electrons. The van der Waals surface area contributed by atoms with Gasteiger partial charge in [0.1, 0.15) is 5.82 Å². The zero-order valence-electron chi connectivity index (χ0n) is 10.1. The van der Waals surface area contributed by atoms with E-state index in [9.17, 15) is 9.18 Å². The predicted molar refractivity (Wildman–Crippen MR) is 71.0 cm³/mol. The highest BCUT2D eigenvalue weighted by atomic mass is 79.9. The smallest absolute Gasteiger partial charge is 0.254 e. The first kappa shape index (κ1) is 14.2. The lowest BCUT2D eigenvalue weighted by molar-refractivity contribution is 0.0899. The van der Waals surface area contributed by atoms with E-state index in [4.69, 9.17) is 0 Å². The SMILES string of the molecule is CCC(CC)(CBr)NC(=O)c1ccccc1F. The summed E-state index contributed by atoms with van der Waals surface area (Å²) in [4.78, 5) is 12.0. The van der Waals surface area contributed by atoms with Crippen LogP contribution in [0.5, 0.6) is 0 Å². The molecule has 0 aliphatic rings. The highest BCUT2D eigenvalue weighted by Crippen LogP contribution is 2.19. The Morgan fingerprint density at radius 2 is 1.94 bits per heavy atom. The lowest BCUT2D eigenvalue weighted by atomic mass is 9.95. The Hall–Kier alpha value is -0.900. The van der Waals surface area contributed by atoms with Gasteiger partial charge in [-0.1, -0.05) is 41.9 Å². The van der Waals surface area contributed by atoms with Crippen molar-refractivity contribution < 1.29 is 9.18 Å². The molecule has 1 aromatic rings. The van der Waals surface area contributed by atoms with Crippen molar-refractivity contribution in [3.8, 4) is 0 Å². The van der Waals surface area contributed by atoms with Gasteiger partial charge in [-0.15, -0.1) is 0 Å². The molecule has 1 amide bonds. The molecule has 17 heavy (non-hydrogen) atoms. The number of carbonyl (C=O) groups excluding carboxylic acids is 1. The van der Waals surface area contributed by atoms with Gasteiger partial charge in [-0.2, -0.15) is 0 Å². The maximum absolute atomic E-state index is 13.5. The minimum atomic E-state index is -0.485. The van der Waals surface area contributed by atoms with Crippen molar-refractivity contribution in [1.82, 2.24) is 5.32 Å². The van der Waals surface area contributed by atoms with Crippen LogP contribution in [0.2, 0.25) is 0 Å². The zero-order chi connectivity index (χ0) is 12.9.